The summed E-state index contributed by atoms with van der Waals surface area (Å²) in [5.74, 6) is -0.253. The average molecular weight is 409 g/mol. The predicted molar refractivity (Wildman–Crippen MR) is 89.3 cm³/mol. The summed E-state index contributed by atoms with van der Waals surface area (Å²) in [5.41, 5.74) is 2.45. The second-order valence-electron chi connectivity index (χ2n) is 4.70. The van der Waals surface area contributed by atoms with Crippen LogP contribution in [0.15, 0.2) is 39.3 Å². The molecule has 1 aliphatic rings. The fourth-order valence-electron chi connectivity index (χ4n) is 2.57. The van der Waals surface area contributed by atoms with Crippen LogP contribution in [0.4, 0.5) is 5.69 Å². The molecule has 3 rings (SSSR count). The van der Waals surface area contributed by atoms with Crippen molar-refractivity contribution < 1.29 is 9.59 Å². The summed E-state index contributed by atoms with van der Waals surface area (Å²) in [6, 6.07) is 8.74. The highest BCUT2D eigenvalue weighted by atomic mass is 79.9. The van der Waals surface area contributed by atoms with Crippen molar-refractivity contribution in [1.82, 2.24) is 0 Å². The van der Waals surface area contributed by atoms with Gasteiger partial charge in [0.25, 0.3) is 0 Å². The molecular formula is C16H11Br2NO2. The van der Waals surface area contributed by atoms with Crippen molar-refractivity contribution in [3.63, 3.8) is 0 Å². The van der Waals surface area contributed by atoms with E-state index in [-0.39, 0.29) is 11.6 Å². The van der Waals surface area contributed by atoms with Crippen LogP contribution in [0.1, 0.15) is 38.8 Å². The van der Waals surface area contributed by atoms with E-state index >= 15 is 0 Å². The maximum Gasteiger partial charge on any atom is 0.196 e. The van der Waals surface area contributed by atoms with Crippen molar-refractivity contribution in [2.45, 2.75) is 6.92 Å². The van der Waals surface area contributed by atoms with E-state index in [1.165, 1.54) is 0 Å². The molecule has 0 unspecified atom stereocenters. The summed E-state index contributed by atoms with van der Waals surface area (Å²) in [5, 5.41) is 3.17. The zero-order chi connectivity index (χ0) is 15.1. The number of halogens is 2. The van der Waals surface area contributed by atoms with Crippen LogP contribution in [-0.4, -0.2) is 18.1 Å². The van der Waals surface area contributed by atoms with E-state index in [2.05, 4.69) is 37.2 Å². The summed E-state index contributed by atoms with van der Waals surface area (Å²) < 4.78 is 1.38. The maximum absolute atomic E-state index is 12.8. The molecule has 1 N–H and O–H groups in total. The molecule has 0 heterocycles. The fourth-order valence-corrected chi connectivity index (χ4v) is 4.05. The number of hydrogen-bond acceptors (Lipinski definition) is 3. The van der Waals surface area contributed by atoms with Gasteiger partial charge in [-0.3, -0.25) is 9.59 Å². The minimum absolute atomic E-state index is 0.126. The molecule has 0 atom stereocenters. The van der Waals surface area contributed by atoms with E-state index < -0.39 is 0 Å². The van der Waals surface area contributed by atoms with Crippen LogP contribution >= 0.6 is 31.9 Å². The van der Waals surface area contributed by atoms with Gasteiger partial charge in [-0.2, -0.15) is 0 Å². The van der Waals surface area contributed by atoms with Crippen LogP contribution < -0.4 is 5.32 Å². The minimum Gasteiger partial charge on any atom is -0.384 e. The molecule has 21 heavy (non-hydrogen) atoms. The Hall–Kier alpha value is -1.46. The van der Waals surface area contributed by atoms with Gasteiger partial charge in [0.2, 0.25) is 0 Å². The summed E-state index contributed by atoms with van der Waals surface area (Å²) >= 11 is 6.87. The smallest absolute Gasteiger partial charge is 0.196 e. The Balaban J connectivity index is 2.37. The summed E-state index contributed by atoms with van der Waals surface area (Å²) in [7, 11) is 0. The Bertz CT molecular complexity index is 784. The highest BCUT2D eigenvalue weighted by Gasteiger charge is 2.34. The van der Waals surface area contributed by atoms with Crippen LogP contribution in [0.5, 0.6) is 0 Å². The molecule has 0 spiro atoms. The van der Waals surface area contributed by atoms with E-state index in [1.54, 1.807) is 30.3 Å². The Morgan fingerprint density at radius 3 is 2.10 bits per heavy atom. The monoisotopic (exact) mass is 407 g/mol. The highest BCUT2D eigenvalue weighted by Crippen LogP contribution is 2.40. The number of ketones is 2. The van der Waals surface area contributed by atoms with E-state index in [1.807, 2.05) is 6.92 Å². The van der Waals surface area contributed by atoms with E-state index in [0.29, 0.717) is 39.0 Å². The Labute approximate surface area is 139 Å². The van der Waals surface area contributed by atoms with Gasteiger partial charge in [-0.15, -0.1) is 0 Å². The lowest BCUT2D eigenvalue weighted by atomic mass is 9.83. The summed E-state index contributed by atoms with van der Waals surface area (Å²) in [4.78, 5) is 25.5. The lowest BCUT2D eigenvalue weighted by molar-refractivity contribution is 0.0979. The van der Waals surface area contributed by atoms with Gasteiger partial charge in [-0.25, -0.2) is 0 Å². The normalized spacial score (nSPS) is 12.9. The molecule has 0 saturated heterocycles. The third-order valence-electron chi connectivity index (χ3n) is 3.46. The topological polar surface area (TPSA) is 46.2 Å². The molecular weight excluding hydrogens is 398 g/mol. The second-order valence-corrected chi connectivity index (χ2v) is 6.41. The van der Waals surface area contributed by atoms with Crippen LogP contribution in [-0.2, 0) is 0 Å². The first-order chi connectivity index (χ1) is 10.1. The molecule has 5 heteroatoms. The van der Waals surface area contributed by atoms with Gasteiger partial charge in [-0.1, -0.05) is 24.3 Å². The number of anilines is 1. The Kier molecular flexibility index (Phi) is 3.71. The highest BCUT2D eigenvalue weighted by molar-refractivity contribution is 9.11. The second kappa shape index (κ2) is 5.39. The van der Waals surface area contributed by atoms with Crippen LogP contribution in [0.3, 0.4) is 0 Å². The van der Waals surface area contributed by atoms with E-state index in [4.69, 9.17) is 0 Å². The minimum atomic E-state index is -0.127. The molecule has 1 aliphatic carbocycles. The van der Waals surface area contributed by atoms with Gasteiger partial charge < -0.3 is 5.32 Å². The SMILES string of the molecule is CCNc1c(Br)cc(Br)c2c1C(=O)c1ccccc1C2=O. The van der Waals surface area contributed by atoms with Gasteiger partial charge in [0, 0.05) is 26.6 Å². The van der Waals surface area contributed by atoms with Crippen molar-refractivity contribution in [2.24, 2.45) is 0 Å². The summed E-state index contributed by atoms with van der Waals surface area (Å²) in [6.07, 6.45) is 0. The van der Waals surface area contributed by atoms with Crippen LogP contribution in [0.2, 0.25) is 0 Å². The standard InChI is InChI=1S/C16H11Br2NO2/c1-2-19-14-11(18)7-10(17)12-13(14)16(21)9-6-4-3-5-8(9)15(12)20/h3-7,19H,2H2,1H3. The van der Waals surface area contributed by atoms with Gasteiger partial charge in [0.1, 0.15) is 0 Å². The van der Waals surface area contributed by atoms with Crippen molar-refractivity contribution in [3.05, 3.63) is 61.5 Å². The molecule has 106 valence electrons. The van der Waals surface area contributed by atoms with E-state index in [0.717, 1.165) is 4.47 Å². The molecule has 0 aliphatic heterocycles. The molecule has 2 aromatic carbocycles. The molecule has 0 radical (unpaired) electrons. The van der Waals surface area contributed by atoms with Crippen LogP contribution in [0, 0.1) is 0 Å². The van der Waals surface area contributed by atoms with Crippen molar-refractivity contribution in [2.75, 3.05) is 11.9 Å². The first kappa shape index (κ1) is 14.5. The van der Waals surface area contributed by atoms with Gasteiger partial charge in [0.15, 0.2) is 11.6 Å². The van der Waals surface area contributed by atoms with Crippen molar-refractivity contribution in [1.29, 1.82) is 0 Å². The lowest BCUT2D eigenvalue weighted by Crippen LogP contribution is -2.23. The van der Waals surface area contributed by atoms with Gasteiger partial charge >= 0.3 is 0 Å². The number of benzene rings is 2. The number of carbonyl (C=O) groups is 2. The fraction of sp³-hybridized carbons (Fsp3) is 0.125. The van der Waals surface area contributed by atoms with Crippen molar-refractivity contribution in [3.8, 4) is 0 Å². The Morgan fingerprint density at radius 1 is 0.952 bits per heavy atom. The number of carbonyl (C=O) groups excluding carboxylic acids is 2. The van der Waals surface area contributed by atoms with Crippen molar-refractivity contribution >= 4 is 49.1 Å². The van der Waals surface area contributed by atoms with Crippen LogP contribution in [0.25, 0.3) is 0 Å². The number of rotatable bonds is 2. The molecule has 0 saturated carbocycles. The van der Waals surface area contributed by atoms with Gasteiger partial charge in [0.05, 0.1) is 16.8 Å². The lowest BCUT2D eigenvalue weighted by Gasteiger charge is -2.22. The largest absolute Gasteiger partial charge is 0.384 e. The molecule has 2 aromatic rings. The first-order valence-electron chi connectivity index (χ1n) is 6.50. The third-order valence-corrected chi connectivity index (χ3v) is 4.71. The quantitative estimate of drug-likeness (QED) is 0.682. The molecule has 0 bridgehead atoms. The molecule has 0 aromatic heterocycles. The van der Waals surface area contributed by atoms with Gasteiger partial charge in [-0.05, 0) is 44.8 Å². The predicted octanol–water partition coefficient (Wildman–Crippen LogP) is 4.42. The maximum atomic E-state index is 12.8. The molecule has 0 amide bonds. The summed E-state index contributed by atoms with van der Waals surface area (Å²) in [6.45, 7) is 2.61. The number of fused-ring (bicyclic) bond motifs is 2. The third kappa shape index (κ3) is 2.15. The average Bonchev–Trinajstić information content (AvgIpc) is 2.47. The van der Waals surface area contributed by atoms with E-state index in [9.17, 15) is 9.59 Å². The number of hydrogen-bond donors (Lipinski definition) is 1. The zero-order valence-electron chi connectivity index (χ0n) is 11.2. The molecule has 3 nitrogen and oxygen atoms in total. The number of nitrogens with one attached hydrogen (secondary N) is 1. The molecule has 0 fully saturated rings. The zero-order valence-corrected chi connectivity index (χ0v) is 14.3. The Morgan fingerprint density at radius 2 is 1.52 bits per heavy atom. The first-order valence-corrected chi connectivity index (χ1v) is 8.09.